The molecule has 1 aliphatic rings. The lowest BCUT2D eigenvalue weighted by atomic mass is 10.2. The van der Waals surface area contributed by atoms with Gasteiger partial charge >= 0.3 is 0 Å². The SMILES string of the molecule is Cc1nc2cncc(N3CCN(Cc4nc5ccccc5c(=O)[nH]4)CC3)n2n1. The molecule has 0 saturated carbocycles. The van der Waals surface area contributed by atoms with Crippen molar-refractivity contribution in [2.24, 2.45) is 0 Å². The molecule has 5 rings (SSSR count). The normalized spacial score (nSPS) is 15.5. The van der Waals surface area contributed by atoms with E-state index < -0.39 is 0 Å². The summed E-state index contributed by atoms with van der Waals surface area (Å²) in [6.45, 7) is 5.92. The van der Waals surface area contributed by atoms with E-state index >= 15 is 0 Å². The highest BCUT2D eigenvalue weighted by Gasteiger charge is 2.21. The number of benzene rings is 1. The summed E-state index contributed by atoms with van der Waals surface area (Å²) in [5.74, 6) is 2.39. The van der Waals surface area contributed by atoms with Crippen molar-refractivity contribution in [3.05, 3.63) is 58.7 Å². The second kappa shape index (κ2) is 6.68. The molecule has 0 radical (unpaired) electrons. The molecule has 1 saturated heterocycles. The molecule has 9 heteroatoms. The minimum absolute atomic E-state index is 0.0847. The van der Waals surface area contributed by atoms with Crippen molar-refractivity contribution in [2.75, 3.05) is 31.1 Å². The number of piperazine rings is 1. The van der Waals surface area contributed by atoms with E-state index in [9.17, 15) is 4.79 Å². The molecule has 0 aliphatic carbocycles. The molecule has 0 spiro atoms. The highest BCUT2D eigenvalue weighted by molar-refractivity contribution is 5.77. The van der Waals surface area contributed by atoms with Crippen molar-refractivity contribution < 1.29 is 0 Å². The molecule has 0 atom stereocenters. The maximum atomic E-state index is 12.3. The minimum Gasteiger partial charge on any atom is -0.353 e. The molecule has 1 N–H and O–H groups in total. The van der Waals surface area contributed by atoms with E-state index in [0.717, 1.165) is 49.0 Å². The van der Waals surface area contributed by atoms with Gasteiger partial charge in [-0.2, -0.15) is 4.52 Å². The van der Waals surface area contributed by atoms with Crippen LogP contribution < -0.4 is 10.5 Å². The molecule has 28 heavy (non-hydrogen) atoms. The van der Waals surface area contributed by atoms with E-state index in [0.29, 0.717) is 17.8 Å². The number of fused-ring (bicyclic) bond motifs is 2. The Morgan fingerprint density at radius 2 is 1.89 bits per heavy atom. The Hall–Kier alpha value is -3.33. The van der Waals surface area contributed by atoms with Crippen LogP contribution in [0.2, 0.25) is 0 Å². The van der Waals surface area contributed by atoms with Crippen LogP contribution in [0.3, 0.4) is 0 Å². The smallest absolute Gasteiger partial charge is 0.258 e. The lowest BCUT2D eigenvalue weighted by molar-refractivity contribution is 0.243. The lowest BCUT2D eigenvalue weighted by Crippen LogP contribution is -2.47. The summed E-state index contributed by atoms with van der Waals surface area (Å²) in [6.07, 6.45) is 3.56. The number of aromatic amines is 1. The van der Waals surface area contributed by atoms with E-state index in [-0.39, 0.29) is 5.56 Å². The van der Waals surface area contributed by atoms with Crippen LogP contribution >= 0.6 is 0 Å². The molecule has 142 valence electrons. The molecule has 3 aromatic heterocycles. The summed E-state index contributed by atoms with van der Waals surface area (Å²) >= 11 is 0. The van der Waals surface area contributed by atoms with Gasteiger partial charge in [0.2, 0.25) is 0 Å². The fourth-order valence-corrected chi connectivity index (χ4v) is 3.68. The van der Waals surface area contributed by atoms with Crippen molar-refractivity contribution in [2.45, 2.75) is 13.5 Å². The van der Waals surface area contributed by atoms with E-state index in [1.165, 1.54) is 0 Å². The molecular weight excluding hydrogens is 356 g/mol. The quantitative estimate of drug-likeness (QED) is 0.570. The van der Waals surface area contributed by atoms with Gasteiger partial charge < -0.3 is 9.88 Å². The van der Waals surface area contributed by atoms with Crippen LogP contribution in [-0.4, -0.2) is 60.6 Å². The average molecular weight is 376 g/mol. The van der Waals surface area contributed by atoms with Crippen LogP contribution in [-0.2, 0) is 6.54 Å². The van der Waals surface area contributed by atoms with Gasteiger partial charge in [-0.1, -0.05) is 12.1 Å². The zero-order chi connectivity index (χ0) is 19.1. The number of hydrogen-bond donors (Lipinski definition) is 1. The molecule has 4 heterocycles. The number of nitrogens with zero attached hydrogens (tertiary/aromatic N) is 7. The number of H-pyrrole nitrogens is 1. The minimum atomic E-state index is -0.0847. The van der Waals surface area contributed by atoms with Crippen LogP contribution in [0.1, 0.15) is 11.6 Å². The number of hydrogen-bond acceptors (Lipinski definition) is 7. The Labute approximate surface area is 160 Å². The van der Waals surface area contributed by atoms with Gasteiger partial charge in [0.1, 0.15) is 11.6 Å². The number of anilines is 1. The van der Waals surface area contributed by atoms with Crippen molar-refractivity contribution in [3.8, 4) is 0 Å². The second-order valence-corrected chi connectivity index (χ2v) is 6.99. The first-order chi connectivity index (χ1) is 13.7. The first-order valence-corrected chi connectivity index (χ1v) is 9.30. The predicted molar refractivity (Wildman–Crippen MR) is 105 cm³/mol. The molecule has 4 aromatic rings. The van der Waals surface area contributed by atoms with Crippen molar-refractivity contribution >= 4 is 22.4 Å². The summed E-state index contributed by atoms with van der Waals surface area (Å²) in [7, 11) is 0. The Kier molecular flexibility index (Phi) is 4.01. The third-order valence-electron chi connectivity index (χ3n) is 5.07. The zero-order valence-corrected chi connectivity index (χ0v) is 15.5. The van der Waals surface area contributed by atoms with Gasteiger partial charge in [0.05, 0.1) is 29.8 Å². The van der Waals surface area contributed by atoms with Gasteiger partial charge in [-0.25, -0.2) is 9.97 Å². The zero-order valence-electron chi connectivity index (χ0n) is 15.5. The van der Waals surface area contributed by atoms with E-state index in [1.54, 1.807) is 12.3 Å². The highest BCUT2D eigenvalue weighted by atomic mass is 16.1. The van der Waals surface area contributed by atoms with E-state index in [2.05, 4.69) is 34.8 Å². The van der Waals surface area contributed by atoms with Crippen LogP contribution in [0.5, 0.6) is 0 Å². The molecule has 1 aromatic carbocycles. The maximum Gasteiger partial charge on any atom is 0.258 e. The Balaban J connectivity index is 1.31. The van der Waals surface area contributed by atoms with Crippen LogP contribution in [0.25, 0.3) is 16.6 Å². The maximum absolute atomic E-state index is 12.3. The molecule has 1 fully saturated rings. The van der Waals surface area contributed by atoms with E-state index in [4.69, 9.17) is 0 Å². The predicted octanol–water partition coefficient (Wildman–Crippen LogP) is 0.991. The summed E-state index contributed by atoms with van der Waals surface area (Å²) in [5.41, 5.74) is 1.41. The molecule has 0 unspecified atom stereocenters. The topological polar surface area (TPSA) is 95.3 Å². The number of nitrogens with one attached hydrogen (secondary N) is 1. The van der Waals surface area contributed by atoms with Crippen LogP contribution in [0.4, 0.5) is 5.82 Å². The number of aryl methyl sites for hydroxylation is 1. The van der Waals surface area contributed by atoms with Crippen LogP contribution in [0.15, 0.2) is 41.5 Å². The van der Waals surface area contributed by atoms with Gasteiger partial charge in [-0.05, 0) is 19.1 Å². The monoisotopic (exact) mass is 376 g/mol. The fourth-order valence-electron chi connectivity index (χ4n) is 3.68. The fraction of sp³-hybridized carbons (Fsp3) is 0.316. The summed E-state index contributed by atoms with van der Waals surface area (Å²) < 4.78 is 1.85. The molecule has 0 amide bonds. The van der Waals surface area contributed by atoms with Gasteiger partial charge in [0.25, 0.3) is 5.56 Å². The van der Waals surface area contributed by atoms with E-state index in [1.807, 2.05) is 35.8 Å². The third-order valence-corrected chi connectivity index (χ3v) is 5.07. The summed E-state index contributed by atoms with van der Waals surface area (Å²) in [5, 5.41) is 5.10. The Morgan fingerprint density at radius 1 is 1.07 bits per heavy atom. The molecular formula is C19H20N8O. The van der Waals surface area contributed by atoms with Gasteiger partial charge in [-0.3, -0.25) is 14.7 Å². The number of aromatic nitrogens is 6. The van der Waals surface area contributed by atoms with Gasteiger partial charge in [0.15, 0.2) is 11.5 Å². The molecule has 0 bridgehead atoms. The second-order valence-electron chi connectivity index (χ2n) is 6.99. The lowest BCUT2D eigenvalue weighted by Gasteiger charge is -2.35. The first-order valence-electron chi connectivity index (χ1n) is 9.30. The number of para-hydroxylation sites is 1. The standard InChI is InChI=1S/C19H20N8O/c1-13-21-17-10-20-11-18(27(17)24-13)26-8-6-25(7-9-26)12-16-22-15-5-3-2-4-14(15)19(28)23-16/h2-5,10-11H,6-9,12H2,1H3,(H,22,23,28). The average Bonchev–Trinajstić information content (AvgIpc) is 3.09. The third kappa shape index (κ3) is 2.99. The number of rotatable bonds is 3. The first kappa shape index (κ1) is 16.8. The van der Waals surface area contributed by atoms with Crippen molar-refractivity contribution in [3.63, 3.8) is 0 Å². The summed E-state index contributed by atoms with van der Waals surface area (Å²) in [4.78, 5) is 33.0. The Bertz CT molecular complexity index is 1210. The Morgan fingerprint density at radius 3 is 2.75 bits per heavy atom. The van der Waals surface area contributed by atoms with Gasteiger partial charge in [0, 0.05) is 26.2 Å². The van der Waals surface area contributed by atoms with Crippen molar-refractivity contribution in [1.82, 2.24) is 34.4 Å². The highest BCUT2D eigenvalue weighted by Crippen LogP contribution is 2.17. The van der Waals surface area contributed by atoms with Gasteiger partial charge in [-0.15, -0.1) is 5.10 Å². The molecule has 9 nitrogen and oxygen atoms in total. The summed E-state index contributed by atoms with van der Waals surface area (Å²) in [6, 6.07) is 7.42. The largest absolute Gasteiger partial charge is 0.353 e. The van der Waals surface area contributed by atoms with Crippen LogP contribution in [0, 0.1) is 6.92 Å². The molecule has 1 aliphatic heterocycles. The van der Waals surface area contributed by atoms with Crippen molar-refractivity contribution in [1.29, 1.82) is 0 Å².